The molecule has 0 aromatic heterocycles. The first-order valence-corrected chi connectivity index (χ1v) is 12.6. The van der Waals surface area contributed by atoms with Crippen LogP contribution in [0.5, 0.6) is 0 Å². The van der Waals surface area contributed by atoms with Gasteiger partial charge in [0.05, 0.1) is 12.1 Å². The summed E-state index contributed by atoms with van der Waals surface area (Å²) >= 11 is 0. The fourth-order valence-electron chi connectivity index (χ4n) is 4.76. The van der Waals surface area contributed by atoms with Gasteiger partial charge in [0.15, 0.2) is 0 Å². The minimum absolute atomic E-state index is 0.188. The normalized spacial score (nSPS) is 19.7. The molecule has 2 atom stereocenters. The van der Waals surface area contributed by atoms with Crippen molar-refractivity contribution >= 4 is 18.1 Å². The van der Waals surface area contributed by atoms with Gasteiger partial charge in [0.2, 0.25) is 5.91 Å². The lowest BCUT2D eigenvalue weighted by molar-refractivity contribution is -0.134. The van der Waals surface area contributed by atoms with Crippen molar-refractivity contribution in [2.75, 3.05) is 19.7 Å². The van der Waals surface area contributed by atoms with Gasteiger partial charge in [0, 0.05) is 25.4 Å². The van der Waals surface area contributed by atoms with Crippen LogP contribution in [-0.2, 0) is 20.7 Å². The molecule has 2 heterocycles. The summed E-state index contributed by atoms with van der Waals surface area (Å²) in [5.41, 5.74) is 0.524. The van der Waals surface area contributed by atoms with E-state index in [2.05, 4.69) is 6.07 Å². The van der Waals surface area contributed by atoms with Gasteiger partial charge in [-0.25, -0.2) is 14.5 Å². The molecule has 0 spiro atoms. The Kier molecular flexibility index (Phi) is 9.13. The molecule has 8 heteroatoms. The fourth-order valence-corrected chi connectivity index (χ4v) is 4.76. The van der Waals surface area contributed by atoms with Crippen molar-refractivity contribution in [2.24, 2.45) is 11.8 Å². The van der Waals surface area contributed by atoms with Crippen LogP contribution in [0.15, 0.2) is 30.3 Å². The zero-order chi connectivity index (χ0) is 25.4. The number of hydrogen-bond donors (Lipinski definition) is 0. The molecule has 190 valence electrons. The Labute approximate surface area is 208 Å². The third-order valence-electron chi connectivity index (χ3n) is 6.66. The number of benzene rings is 1. The molecule has 1 aromatic carbocycles. The molecule has 0 aliphatic carbocycles. The molecule has 0 bridgehead atoms. The molecule has 2 aliphatic rings. The number of ether oxygens (including phenoxy) is 2. The highest BCUT2D eigenvalue weighted by molar-refractivity contribution is 5.94. The monoisotopic (exact) mass is 483 g/mol. The number of nitriles is 1. The van der Waals surface area contributed by atoms with Gasteiger partial charge in [-0.2, -0.15) is 5.26 Å². The number of amides is 3. The lowest BCUT2D eigenvalue weighted by Gasteiger charge is -2.34. The lowest BCUT2D eigenvalue weighted by Crippen LogP contribution is -2.44. The summed E-state index contributed by atoms with van der Waals surface area (Å²) in [4.78, 5) is 41.3. The Hall–Kier alpha value is -3.08. The SMILES string of the molecule is CC(C)(C)OC(=O)N1CCC(CC[C@H](CCC#N)C(=O)N2C(=O)OC[C@@H]2Cc2ccccc2)CC1. The van der Waals surface area contributed by atoms with E-state index in [1.807, 2.05) is 51.1 Å². The third-order valence-corrected chi connectivity index (χ3v) is 6.66. The molecule has 0 saturated carbocycles. The number of carbonyl (C=O) groups is 3. The van der Waals surface area contributed by atoms with Gasteiger partial charge in [-0.15, -0.1) is 0 Å². The summed E-state index contributed by atoms with van der Waals surface area (Å²) in [6, 6.07) is 11.5. The molecule has 8 nitrogen and oxygen atoms in total. The molecule has 2 aliphatic heterocycles. The number of carbonyl (C=O) groups excluding carboxylic acids is 3. The summed E-state index contributed by atoms with van der Waals surface area (Å²) in [6.45, 7) is 7.03. The van der Waals surface area contributed by atoms with Crippen molar-refractivity contribution in [1.29, 1.82) is 5.26 Å². The summed E-state index contributed by atoms with van der Waals surface area (Å²) in [5.74, 6) is -0.256. The summed E-state index contributed by atoms with van der Waals surface area (Å²) in [5, 5.41) is 9.12. The van der Waals surface area contributed by atoms with E-state index in [0.717, 1.165) is 24.8 Å². The maximum atomic E-state index is 13.5. The topological polar surface area (TPSA) is 99.9 Å². The maximum absolute atomic E-state index is 13.5. The maximum Gasteiger partial charge on any atom is 0.416 e. The van der Waals surface area contributed by atoms with Crippen molar-refractivity contribution in [2.45, 2.75) is 77.4 Å². The second kappa shape index (κ2) is 12.1. The number of likely N-dealkylation sites (tertiary alicyclic amines) is 1. The molecule has 3 amide bonds. The van der Waals surface area contributed by atoms with Crippen LogP contribution in [0.3, 0.4) is 0 Å². The lowest BCUT2D eigenvalue weighted by atomic mass is 9.86. The largest absolute Gasteiger partial charge is 0.447 e. The van der Waals surface area contributed by atoms with Crippen LogP contribution in [0.4, 0.5) is 9.59 Å². The van der Waals surface area contributed by atoms with E-state index < -0.39 is 17.6 Å². The number of cyclic esters (lactones) is 1. The zero-order valence-corrected chi connectivity index (χ0v) is 21.1. The quantitative estimate of drug-likeness (QED) is 0.520. The van der Waals surface area contributed by atoms with Crippen LogP contribution in [0.1, 0.15) is 64.9 Å². The predicted octanol–water partition coefficient (Wildman–Crippen LogP) is 4.92. The summed E-state index contributed by atoms with van der Waals surface area (Å²) in [6.07, 6.45) is 3.48. The molecular weight excluding hydrogens is 446 g/mol. The summed E-state index contributed by atoms with van der Waals surface area (Å²) < 4.78 is 10.7. The van der Waals surface area contributed by atoms with Crippen LogP contribution in [0.2, 0.25) is 0 Å². The number of imide groups is 1. The Morgan fingerprint density at radius 2 is 1.86 bits per heavy atom. The van der Waals surface area contributed by atoms with Crippen LogP contribution < -0.4 is 0 Å². The first-order chi connectivity index (χ1) is 16.7. The molecular formula is C27H37N3O5. The van der Waals surface area contributed by atoms with Gasteiger partial charge in [-0.3, -0.25) is 4.79 Å². The molecule has 0 N–H and O–H groups in total. The molecule has 35 heavy (non-hydrogen) atoms. The van der Waals surface area contributed by atoms with Crippen LogP contribution >= 0.6 is 0 Å². The van der Waals surface area contributed by atoms with Crippen molar-refractivity contribution < 1.29 is 23.9 Å². The molecule has 0 radical (unpaired) electrons. The first-order valence-electron chi connectivity index (χ1n) is 12.6. The smallest absolute Gasteiger partial charge is 0.416 e. The van der Waals surface area contributed by atoms with E-state index in [-0.39, 0.29) is 31.1 Å². The fraction of sp³-hybridized carbons (Fsp3) is 0.630. The van der Waals surface area contributed by atoms with Gasteiger partial charge in [-0.05, 0) is 70.8 Å². The van der Waals surface area contributed by atoms with E-state index in [4.69, 9.17) is 14.7 Å². The number of piperidine rings is 1. The second-order valence-corrected chi connectivity index (χ2v) is 10.5. The standard InChI is InChI=1S/C27H37N3O5/c1-27(2,3)35-25(32)29-16-13-20(14-17-29)11-12-22(10-7-15-28)24(31)30-23(19-34-26(30)33)18-21-8-5-4-6-9-21/h4-6,8-9,20,22-23H,7,10-14,16-19H2,1-3H3/t22-,23-/m0/s1. The van der Waals surface area contributed by atoms with Gasteiger partial charge in [0.1, 0.15) is 12.2 Å². The van der Waals surface area contributed by atoms with Crippen molar-refractivity contribution in [3.8, 4) is 6.07 Å². The van der Waals surface area contributed by atoms with Crippen molar-refractivity contribution in [3.63, 3.8) is 0 Å². The predicted molar refractivity (Wildman–Crippen MR) is 130 cm³/mol. The Morgan fingerprint density at radius 3 is 2.49 bits per heavy atom. The highest BCUT2D eigenvalue weighted by atomic mass is 16.6. The van der Waals surface area contributed by atoms with Crippen LogP contribution in [-0.4, -0.2) is 59.2 Å². The average molecular weight is 484 g/mol. The second-order valence-electron chi connectivity index (χ2n) is 10.5. The van der Waals surface area contributed by atoms with E-state index >= 15 is 0 Å². The third kappa shape index (κ3) is 7.71. The summed E-state index contributed by atoms with van der Waals surface area (Å²) in [7, 11) is 0. The number of rotatable bonds is 8. The van der Waals surface area contributed by atoms with Gasteiger partial charge in [-0.1, -0.05) is 30.3 Å². The highest BCUT2D eigenvalue weighted by Crippen LogP contribution is 2.29. The van der Waals surface area contributed by atoms with Gasteiger partial charge >= 0.3 is 12.2 Å². The molecule has 3 rings (SSSR count). The van der Waals surface area contributed by atoms with Gasteiger partial charge < -0.3 is 14.4 Å². The van der Waals surface area contributed by atoms with E-state index in [1.54, 1.807) is 4.90 Å². The number of hydrogen-bond acceptors (Lipinski definition) is 6. The molecule has 2 fully saturated rings. The molecule has 2 saturated heterocycles. The molecule has 0 unspecified atom stereocenters. The Morgan fingerprint density at radius 1 is 1.17 bits per heavy atom. The van der Waals surface area contributed by atoms with E-state index in [9.17, 15) is 14.4 Å². The minimum Gasteiger partial charge on any atom is -0.447 e. The van der Waals surface area contributed by atoms with Gasteiger partial charge in [0.25, 0.3) is 0 Å². The van der Waals surface area contributed by atoms with Crippen molar-refractivity contribution in [3.05, 3.63) is 35.9 Å². The Bertz CT molecular complexity index is 913. The van der Waals surface area contributed by atoms with Crippen LogP contribution in [0, 0.1) is 23.2 Å². The van der Waals surface area contributed by atoms with Crippen molar-refractivity contribution in [1.82, 2.24) is 9.80 Å². The molecule has 1 aromatic rings. The number of nitrogens with zero attached hydrogens (tertiary/aromatic N) is 3. The average Bonchev–Trinajstić information content (AvgIpc) is 3.18. The zero-order valence-electron chi connectivity index (χ0n) is 21.1. The minimum atomic E-state index is -0.594. The first kappa shape index (κ1) is 26.5. The van der Waals surface area contributed by atoms with E-state index in [0.29, 0.717) is 38.3 Å². The highest BCUT2D eigenvalue weighted by Gasteiger charge is 2.40. The van der Waals surface area contributed by atoms with E-state index in [1.165, 1.54) is 4.90 Å². The van der Waals surface area contributed by atoms with Crippen LogP contribution in [0.25, 0.3) is 0 Å². The Balaban J connectivity index is 1.56.